The third-order valence-corrected chi connectivity index (χ3v) is 3.06. The average molecular weight is 258 g/mol. The first-order chi connectivity index (χ1) is 8.41. The van der Waals surface area contributed by atoms with E-state index in [1.807, 2.05) is 6.92 Å². The molecular weight excluding hydrogens is 240 g/mol. The van der Waals surface area contributed by atoms with E-state index < -0.39 is 24.0 Å². The molecule has 0 aromatic carbocycles. The fourth-order valence-electron chi connectivity index (χ4n) is 1.99. The molecule has 0 radical (unpaired) electrons. The molecule has 1 heterocycles. The molecule has 1 saturated heterocycles. The van der Waals surface area contributed by atoms with Crippen molar-refractivity contribution in [2.45, 2.75) is 44.7 Å². The summed E-state index contributed by atoms with van der Waals surface area (Å²) in [5.41, 5.74) is 0. The number of carboxylic acids is 2. The number of carboxylic acid groups (broad SMARTS) is 2. The number of nitrogens with zero attached hydrogens (tertiary/aromatic N) is 1. The normalized spacial score (nSPS) is 20.5. The zero-order chi connectivity index (χ0) is 13.7. The molecule has 2 unspecified atom stereocenters. The molecule has 2 atom stereocenters. The van der Waals surface area contributed by atoms with Crippen LogP contribution in [-0.4, -0.2) is 51.7 Å². The van der Waals surface area contributed by atoms with Crippen LogP contribution in [0.1, 0.15) is 32.6 Å². The first-order valence-corrected chi connectivity index (χ1v) is 5.93. The topological polar surface area (TPSA) is 107 Å². The standard InChI is InChI=1S/C11H18N2O5/c1-7-3-2-6-13(7)11(18)12-8(10(16)17)4-5-9(14)15/h7-8H,2-6H2,1H3,(H,12,18)(H,14,15)(H,16,17). The molecule has 1 rings (SSSR count). The van der Waals surface area contributed by atoms with Gasteiger partial charge >= 0.3 is 18.0 Å². The van der Waals surface area contributed by atoms with Crippen molar-refractivity contribution in [3.8, 4) is 0 Å². The fourth-order valence-corrected chi connectivity index (χ4v) is 1.99. The lowest BCUT2D eigenvalue weighted by molar-refractivity contribution is -0.140. The molecule has 7 nitrogen and oxygen atoms in total. The highest BCUT2D eigenvalue weighted by molar-refractivity contribution is 5.83. The average Bonchev–Trinajstić information content (AvgIpc) is 2.69. The Bertz CT molecular complexity index is 344. The van der Waals surface area contributed by atoms with E-state index in [0.717, 1.165) is 12.8 Å². The van der Waals surface area contributed by atoms with Crippen LogP contribution in [0.2, 0.25) is 0 Å². The molecule has 1 aliphatic heterocycles. The summed E-state index contributed by atoms with van der Waals surface area (Å²) >= 11 is 0. The van der Waals surface area contributed by atoms with E-state index in [4.69, 9.17) is 10.2 Å². The highest BCUT2D eigenvalue weighted by atomic mass is 16.4. The van der Waals surface area contributed by atoms with Crippen LogP contribution in [-0.2, 0) is 9.59 Å². The Labute approximate surface area is 105 Å². The van der Waals surface area contributed by atoms with E-state index >= 15 is 0 Å². The van der Waals surface area contributed by atoms with Crippen molar-refractivity contribution in [3.05, 3.63) is 0 Å². The second-order valence-electron chi connectivity index (χ2n) is 4.46. The Kier molecular flexibility index (Phi) is 4.94. The van der Waals surface area contributed by atoms with Gasteiger partial charge in [-0.25, -0.2) is 9.59 Å². The number of likely N-dealkylation sites (tertiary alicyclic amines) is 1. The molecule has 18 heavy (non-hydrogen) atoms. The van der Waals surface area contributed by atoms with E-state index in [2.05, 4.69) is 5.32 Å². The van der Waals surface area contributed by atoms with Crippen molar-refractivity contribution < 1.29 is 24.6 Å². The van der Waals surface area contributed by atoms with Crippen LogP contribution in [0.25, 0.3) is 0 Å². The Morgan fingerprint density at radius 2 is 2.06 bits per heavy atom. The number of nitrogens with one attached hydrogen (secondary N) is 1. The zero-order valence-corrected chi connectivity index (χ0v) is 10.3. The molecular formula is C11H18N2O5. The maximum Gasteiger partial charge on any atom is 0.326 e. The molecule has 0 bridgehead atoms. The van der Waals surface area contributed by atoms with Crippen LogP contribution >= 0.6 is 0 Å². The van der Waals surface area contributed by atoms with Crippen LogP contribution in [0.5, 0.6) is 0 Å². The minimum absolute atomic E-state index is 0.0962. The smallest absolute Gasteiger partial charge is 0.326 e. The Morgan fingerprint density at radius 3 is 2.50 bits per heavy atom. The van der Waals surface area contributed by atoms with Gasteiger partial charge in [-0.3, -0.25) is 4.79 Å². The van der Waals surface area contributed by atoms with Crippen molar-refractivity contribution in [1.82, 2.24) is 10.2 Å². The predicted octanol–water partition coefficient (Wildman–Crippen LogP) is 0.498. The first kappa shape index (κ1) is 14.3. The largest absolute Gasteiger partial charge is 0.481 e. The maximum atomic E-state index is 11.8. The van der Waals surface area contributed by atoms with Gasteiger partial charge in [0.05, 0.1) is 0 Å². The molecule has 1 fully saturated rings. The van der Waals surface area contributed by atoms with Crippen molar-refractivity contribution in [3.63, 3.8) is 0 Å². The molecule has 3 N–H and O–H groups in total. The molecule has 0 spiro atoms. The summed E-state index contributed by atoms with van der Waals surface area (Å²) in [7, 11) is 0. The molecule has 0 aromatic heterocycles. The van der Waals surface area contributed by atoms with Crippen LogP contribution in [0, 0.1) is 0 Å². The summed E-state index contributed by atoms with van der Waals surface area (Å²) in [5.74, 6) is -2.29. The maximum absolute atomic E-state index is 11.8. The second-order valence-corrected chi connectivity index (χ2v) is 4.46. The first-order valence-electron chi connectivity index (χ1n) is 5.93. The minimum atomic E-state index is -1.21. The quantitative estimate of drug-likeness (QED) is 0.665. The number of hydrogen-bond acceptors (Lipinski definition) is 3. The lowest BCUT2D eigenvalue weighted by Gasteiger charge is -2.24. The van der Waals surface area contributed by atoms with Gasteiger partial charge in [0.25, 0.3) is 0 Å². The Morgan fingerprint density at radius 1 is 1.39 bits per heavy atom. The van der Waals surface area contributed by atoms with Crippen molar-refractivity contribution >= 4 is 18.0 Å². The molecule has 102 valence electrons. The molecule has 7 heteroatoms. The number of urea groups is 1. The van der Waals surface area contributed by atoms with Gasteiger partial charge in [-0.2, -0.15) is 0 Å². The van der Waals surface area contributed by atoms with Crippen LogP contribution in [0.4, 0.5) is 4.79 Å². The third kappa shape index (κ3) is 3.90. The van der Waals surface area contributed by atoms with E-state index in [-0.39, 0.29) is 18.9 Å². The molecule has 0 aliphatic carbocycles. The molecule has 0 saturated carbocycles. The Hall–Kier alpha value is -1.79. The molecule has 1 aliphatic rings. The van der Waals surface area contributed by atoms with E-state index in [1.54, 1.807) is 4.90 Å². The van der Waals surface area contributed by atoms with Crippen molar-refractivity contribution in [1.29, 1.82) is 0 Å². The number of amides is 2. The van der Waals surface area contributed by atoms with E-state index in [0.29, 0.717) is 6.54 Å². The number of rotatable bonds is 5. The van der Waals surface area contributed by atoms with Gasteiger partial charge in [-0.1, -0.05) is 0 Å². The van der Waals surface area contributed by atoms with Gasteiger partial charge in [-0.05, 0) is 26.2 Å². The number of carbonyl (C=O) groups excluding carboxylic acids is 1. The van der Waals surface area contributed by atoms with Gasteiger partial charge in [0, 0.05) is 19.0 Å². The van der Waals surface area contributed by atoms with Crippen LogP contribution in [0.3, 0.4) is 0 Å². The van der Waals surface area contributed by atoms with Crippen LogP contribution in [0.15, 0.2) is 0 Å². The third-order valence-electron chi connectivity index (χ3n) is 3.06. The summed E-state index contributed by atoms with van der Waals surface area (Å²) in [6.07, 6.45) is 1.41. The number of carbonyl (C=O) groups is 3. The summed E-state index contributed by atoms with van der Waals surface area (Å²) in [6.45, 7) is 2.51. The van der Waals surface area contributed by atoms with Gasteiger partial charge < -0.3 is 20.4 Å². The highest BCUT2D eigenvalue weighted by Crippen LogP contribution is 2.16. The molecule has 2 amide bonds. The van der Waals surface area contributed by atoms with Crippen molar-refractivity contribution in [2.75, 3.05) is 6.54 Å². The number of aliphatic carboxylic acids is 2. The van der Waals surface area contributed by atoms with Crippen molar-refractivity contribution in [2.24, 2.45) is 0 Å². The highest BCUT2D eigenvalue weighted by Gasteiger charge is 2.28. The summed E-state index contributed by atoms with van der Waals surface area (Å²) in [6, 6.07) is -1.49. The van der Waals surface area contributed by atoms with Crippen LogP contribution < -0.4 is 5.32 Å². The monoisotopic (exact) mass is 258 g/mol. The lowest BCUT2D eigenvalue weighted by atomic mass is 10.1. The lowest BCUT2D eigenvalue weighted by Crippen LogP contribution is -2.49. The summed E-state index contributed by atoms with van der Waals surface area (Å²) in [4.78, 5) is 34.7. The van der Waals surface area contributed by atoms with Gasteiger partial charge in [-0.15, -0.1) is 0 Å². The van der Waals surface area contributed by atoms with Gasteiger partial charge in [0.15, 0.2) is 0 Å². The SMILES string of the molecule is CC1CCCN1C(=O)NC(CCC(=O)O)C(=O)O. The van der Waals surface area contributed by atoms with E-state index in [1.165, 1.54) is 0 Å². The van der Waals surface area contributed by atoms with E-state index in [9.17, 15) is 14.4 Å². The second kappa shape index (κ2) is 6.23. The summed E-state index contributed by atoms with van der Waals surface area (Å²) < 4.78 is 0. The van der Waals surface area contributed by atoms with Gasteiger partial charge in [0.1, 0.15) is 6.04 Å². The minimum Gasteiger partial charge on any atom is -0.481 e. The predicted molar refractivity (Wildman–Crippen MR) is 62.2 cm³/mol. The molecule has 0 aromatic rings. The number of hydrogen-bond donors (Lipinski definition) is 3. The Balaban J connectivity index is 2.52. The fraction of sp³-hybridized carbons (Fsp3) is 0.727. The zero-order valence-electron chi connectivity index (χ0n) is 10.3. The summed E-state index contributed by atoms with van der Waals surface area (Å²) in [5, 5.41) is 19.8. The van der Waals surface area contributed by atoms with Gasteiger partial charge in [0.2, 0.25) is 0 Å².